The van der Waals surface area contributed by atoms with E-state index in [0.29, 0.717) is 5.56 Å². The summed E-state index contributed by atoms with van der Waals surface area (Å²) >= 11 is 0. The standard InChI is InChI=1S/C18H19NO2/c1-19(2)18(20)15-7-11-17(12-8-15)21-16-9-5-14(6-10-16)13-3-4-13/h5-13H,3-4H2,1-2H3. The molecule has 0 bridgehead atoms. The first-order valence-electron chi connectivity index (χ1n) is 7.23. The number of benzene rings is 2. The Bertz CT molecular complexity index is 625. The van der Waals surface area contributed by atoms with Crippen LogP contribution in [0.15, 0.2) is 48.5 Å². The van der Waals surface area contributed by atoms with Crippen LogP contribution in [0.5, 0.6) is 11.5 Å². The second-order valence-electron chi connectivity index (χ2n) is 5.67. The molecule has 1 aliphatic carbocycles. The molecule has 2 aromatic carbocycles. The molecule has 2 aromatic rings. The van der Waals surface area contributed by atoms with Crippen LogP contribution >= 0.6 is 0 Å². The predicted octanol–water partition coefficient (Wildman–Crippen LogP) is 4.06. The van der Waals surface area contributed by atoms with Crippen molar-refractivity contribution >= 4 is 5.91 Å². The molecule has 0 aromatic heterocycles. The van der Waals surface area contributed by atoms with E-state index in [2.05, 4.69) is 12.1 Å². The second-order valence-corrected chi connectivity index (χ2v) is 5.67. The summed E-state index contributed by atoms with van der Waals surface area (Å²) in [6.45, 7) is 0. The molecule has 1 amide bonds. The number of carbonyl (C=O) groups excluding carboxylic acids is 1. The Hall–Kier alpha value is -2.29. The van der Waals surface area contributed by atoms with Crippen molar-refractivity contribution in [1.29, 1.82) is 0 Å². The van der Waals surface area contributed by atoms with Crippen LogP contribution in [0.2, 0.25) is 0 Å². The quantitative estimate of drug-likeness (QED) is 0.846. The first-order valence-corrected chi connectivity index (χ1v) is 7.23. The number of rotatable bonds is 4. The third-order valence-electron chi connectivity index (χ3n) is 3.67. The number of hydrogen-bond donors (Lipinski definition) is 0. The fraction of sp³-hybridized carbons (Fsp3) is 0.278. The maximum Gasteiger partial charge on any atom is 0.253 e. The minimum absolute atomic E-state index is 0.00432. The topological polar surface area (TPSA) is 29.5 Å². The van der Waals surface area contributed by atoms with Crippen molar-refractivity contribution in [1.82, 2.24) is 4.90 Å². The second kappa shape index (κ2) is 5.60. The van der Waals surface area contributed by atoms with Crippen molar-refractivity contribution < 1.29 is 9.53 Å². The number of ether oxygens (including phenoxy) is 1. The van der Waals surface area contributed by atoms with Gasteiger partial charge in [-0.15, -0.1) is 0 Å². The smallest absolute Gasteiger partial charge is 0.253 e. The molecule has 1 aliphatic rings. The molecule has 0 radical (unpaired) electrons. The van der Waals surface area contributed by atoms with Gasteiger partial charge < -0.3 is 9.64 Å². The lowest BCUT2D eigenvalue weighted by atomic mass is 10.1. The Morgan fingerprint density at radius 1 is 0.952 bits per heavy atom. The van der Waals surface area contributed by atoms with Crippen LogP contribution in [0, 0.1) is 0 Å². The van der Waals surface area contributed by atoms with Gasteiger partial charge in [0.2, 0.25) is 0 Å². The van der Waals surface area contributed by atoms with Crippen molar-refractivity contribution in [2.75, 3.05) is 14.1 Å². The minimum Gasteiger partial charge on any atom is -0.457 e. The van der Waals surface area contributed by atoms with E-state index in [4.69, 9.17) is 4.74 Å². The summed E-state index contributed by atoms with van der Waals surface area (Å²) in [6.07, 6.45) is 2.61. The fourth-order valence-electron chi connectivity index (χ4n) is 2.28. The lowest BCUT2D eigenvalue weighted by Gasteiger charge is -2.11. The Morgan fingerprint density at radius 2 is 1.48 bits per heavy atom. The van der Waals surface area contributed by atoms with Gasteiger partial charge in [0, 0.05) is 19.7 Å². The van der Waals surface area contributed by atoms with Gasteiger partial charge in [-0.05, 0) is 60.7 Å². The Kier molecular flexibility index (Phi) is 3.65. The van der Waals surface area contributed by atoms with Crippen molar-refractivity contribution in [3.63, 3.8) is 0 Å². The lowest BCUT2D eigenvalue weighted by Crippen LogP contribution is -2.21. The normalized spacial score (nSPS) is 13.8. The van der Waals surface area contributed by atoms with Crippen LogP contribution in [-0.2, 0) is 0 Å². The summed E-state index contributed by atoms with van der Waals surface area (Å²) in [4.78, 5) is 13.4. The SMILES string of the molecule is CN(C)C(=O)c1ccc(Oc2ccc(C3CC3)cc2)cc1. The van der Waals surface area contributed by atoms with Crippen LogP contribution in [0.1, 0.15) is 34.7 Å². The van der Waals surface area contributed by atoms with Crippen molar-refractivity contribution in [3.8, 4) is 11.5 Å². The molecular formula is C18H19NO2. The first kappa shape index (κ1) is 13.7. The number of amides is 1. The lowest BCUT2D eigenvalue weighted by molar-refractivity contribution is 0.0827. The average molecular weight is 281 g/mol. The van der Waals surface area contributed by atoms with E-state index in [-0.39, 0.29) is 5.91 Å². The predicted molar refractivity (Wildman–Crippen MR) is 83.0 cm³/mol. The molecule has 0 spiro atoms. The van der Waals surface area contributed by atoms with E-state index >= 15 is 0 Å². The van der Waals surface area contributed by atoms with E-state index in [0.717, 1.165) is 17.4 Å². The van der Waals surface area contributed by atoms with Crippen molar-refractivity contribution in [3.05, 3.63) is 59.7 Å². The Labute approximate surface area is 125 Å². The third kappa shape index (κ3) is 3.24. The van der Waals surface area contributed by atoms with E-state index in [1.165, 1.54) is 18.4 Å². The first-order chi connectivity index (χ1) is 10.1. The molecule has 0 saturated heterocycles. The van der Waals surface area contributed by atoms with Crippen molar-refractivity contribution in [2.24, 2.45) is 0 Å². The maximum atomic E-state index is 11.8. The third-order valence-corrected chi connectivity index (χ3v) is 3.67. The highest BCUT2D eigenvalue weighted by Crippen LogP contribution is 2.40. The summed E-state index contributed by atoms with van der Waals surface area (Å²) < 4.78 is 5.80. The molecule has 0 aliphatic heterocycles. The summed E-state index contributed by atoms with van der Waals surface area (Å²) in [6, 6.07) is 15.5. The van der Waals surface area contributed by atoms with Crippen LogP contribution in [0.25, 0.3) is 0 Å². The summed E-state index contributed by atoms with van der Waals surface area (Å²) in [5.74, 6) is 2.32. The molecule has 0 N–H and O–H groups in total. The summed E-state index contributed by atoms with van der Waals surface area (Å²) in [7, 11) is 3.49. The van der Waals surface area contributed by atoms with Gasteiger partial charge in [0.05, 0.1) is 0 Å². The summed E-state index contributed by atoms with van der Waals surface area (Å²) in [5.41, 5.74) is 2.06. The van der Waals surface area contributed by atoms with Crippen LogP contribution in [0.3, 0.4) is 0 Å². The van der Waals surface area contributed by atoms with Gasteiger partial charge in [-0.25, -0.2) is 0 Å². The van der Waals surface area contributed by atoms with E-state index in [9.17, 15) is 4.79 Å². The van der Waals surface area contributed by atoms with Gasteiger partial charge in [-0.3, -0.25) is 4.79 Å². The monoisotopic (exact) mass is 281 g/mol. The van der Waals surface area contributed by atoms with Gasteiger partial charge in [-0.2, -0.15) is 0 Å². The number of carbonyl (C=O) groups is 1. The maximum absolute atomic E-state index is 11.8. The zero-order chi connectivity index (χ0) is 14.8. The molecule has 0 heterocycles. The number of hydrogen-bond acceptors (Lipinski definition) is 2. The zero-order valence-corrected chi connectivity index (χ0v) is 12.4. The largest absolute Gasteiger partial charge is 0.457 e. The van der Waals surface area contributed by atoms with Crippen LogP contribution < -0.4 is 4.74 Å². The molecule has 3 nitrogen and oxygen atoms in total. The molecule has 0 atom stereocenters. The number of nitrogens with zero attached hydrogens (tertiary/aromatic N) is 1. The highest BCUT2D eigenvalue weighted by molar-refractivity contribution is 5.93. The van der Waals surface area contributed by atoms with E-state index < -0.39 is 0 Å². The Morgan fingerprint density at radius 3 is 1.95 bits per heavy atom. The van der Waals surface area contributed by atoms with E-state index in [1.54, 1.807) is 31.1 Å². The van der Waals surface area contributed by atoms with E-state index in [1.807, 2.05) is 24.3 Å². The van der Waals surface area contributed by atoms with Gasteiger partial charge in [0.25, 0.3) is 5.91 Å². The van der Waals surface area contributed by atoms with Gasteiger partial charge in [0.15, 0.2) is 0 Å². The average Bonchev–Trinajstić information content (AvgIpc) is 3.33. The minimum atomic E-state index is -0.00432. The Balaban J connectivity index is 1.68. The van der Waals surface area contributed by atoms with Crippen molar-refractivity contribution in [2.45, 2.75) is 18.8 Å². The van der Waals surface area contributed by atoms with Gasteiger partial charge in [0.1, 0.15) is 11.5 Å². The fourth-order valence-corrected chi connectivity index (χ4v) is 2.28. The molecule has 108 valence electrons. The summed E-state index contributed by atoms with van der Waals surface area (Å²) in [5, 5.41) is 0. The molecule has 1 saturated carbocycles. The highest BCUT2D eigenvalue weighted by Gasteiger charge is 2.23. The van der Waals surface area contributed by atoms with Crippen LogP contribution in [0.4, 0.5) is 0 Å². The van der Waals surface area contributed by atoms with Crippen LogP contribution in [-0.4, -0.2) is 24.9 Å². The molecule has 3 rings (SSSR count). The zero-order valence-electron chi connectivity index (χ0n) is 12.4. The molecular weight excluding hydrogens is 262 g/mol. The van der Waals surface area contributed by atoms with Gasteiger partial charge >= 0.3 is 0 Å². The van der Waals surface area contributed by atoms with Gasteiger partial charge in [-0.1, -0.05) is 12.1 Å². The molecule has 3 heteroatoms. The molecule has 21 heavy (non-hydrogen) atoms. The molecule has 0 unspecified atom stereocenters. The molecule has 1 fully saturated rings. The highest BCUT2D eigenvalue weighted by atomic mass is 16.5.